The average Bonchev–Trinajstić information content (AvgIpc) is 2.44. The number of hydrogen-bond acceptors (Lipinski definition) is 3. The summed E-state index contributed by atoms with van der Waals surface area (Å²) < 4.78 is 7.45. The number of ether oxygens (including phenoxy) is 1. The van der Waals surface area contributed by atoms with E-state index in [0.29, 0.717) is 0 Å². The summed E-state index contributed by atoms with van der Waals surface area (Å²) in [5.74, 6) is 6.60. The van der Waals surface area contributed by atoms with Gasteiger partial charge in [0.25, 0.3) is 0 Å². The van der Waals surface area contributed by atoms with Crippen LogP contribution in [0.3, 0.4) is 0 Å². The number of methoxy groups -OCH3 is 1. The summed E-state index contributed by atoms with van der Waals surface area (Å²) in [6, 6.07) is 11.9. The molecule has 0 saturated carbocycles. The van der Waals surface area contributed by atoms with Gasteiger partial charge in [0.15, 0.2) is 0 Å². The number of hydrogen-bond donors (Lipinski definition) is 2. The highest BCUT2D eigenvalue weighted by atomic mass is 79.9. The van der Waals surface area contributed by atoms with Gasteiger partial charge in [0, 0.05) is 14.5 Å². The third kappa shape index (κ3) is 3.23. The molecule has 20 heavy (non-hydrogen) atoms. The lowest BCUT2D eigenvalue weighted by molar-refractivity contribution is 0.404. The lowest BCUT2D eigenvalue weighted by atomic mass is 9.97. The van der Waals surface area contributed by atoms with Gasteiger partial charge in [0.2, 0.25) is 0 Å². The van der Waals surface area contributed by atoms with Gasteiger partial charge in [-0.05, 0) is 36.8 Å². The fourth-order valence-electron chi connectivity index (χ4n) is 2.16. The average molecular weight is 400 g/mol. The molecule has 0 fully saturated rings. The molecule has 0 aliphatic rings. The second kappa shape index (κ2) is 6.72. The number of aryl methyl sites for hydroxylation is 1. The monoisotopic (exact) mass is 398 g/mol. The van der Waals surface area contributed by atoms with Crippen molar-refractivity contribution in [1.29, 1.82) is 0 Å². The largest absolute Gasteiger partial charge is 0.496 e. The van der Waals surface area contributed by atoms with E-state index in [2.05, 4.69) is 43.4 Å². The predicted octanol–water partition coefficient (Wildman–Crippen LogP) is 4.08. The normalized spacial score (nSPS) is 12.2. The SMILES string of the molecule is COc1ccc(C)cc1C(NN)c1cc(Br)ccc1Br. The van der Waals surface area contributed by atoms with Gasteiger partial charge in [-0.25, -0.2) is 5.43 Å². The fraction of sp³-hybridized carbons (Fsp3) is 0.200. The molecule has 0 radical (unpaired) electrons. The quantitative estimate of drug-likeness (QED) is 0.601. The molecule has 3 N–H and O–H groups in total. The fourth-order valence-corrected chi connectivity index (χ4v) is 3.02. The Bertz CT molecular complexity index is 617. The minimum absolute atomic E-state index is 0.156. The Morgan fingerprint density at radius 3 is 2.50 bits per heavy atom. The summed E-state index contributed by atoms with van der Waals surface area (Å²) in [7, 11) is 1.66. The van der Waals surface area contributed by atoms with Gasteiger partial charge in [0.05, 0.1) is 13.2 Å². The van der Waals surface area contributed by atoms with Crippen molar-refractivity contribution < 1.29 is 4.74 Å². The Labute approximate surface area is 135 Å². The number of nitrogens with one attached hydrogen (secondary N) is 1. The van der Waals surface area contributed by atoms with Gasteiger partial charge < -0.3 is 4.74 Å². The van der Waals surface area contributed by atoms with E-state index in [-0.39, 0.29) is 6.04 Å². The van der Waals surface area contributed by atoms with Gasteiger partial charge in [-0.3, -0.25) is 5.84 Å². The van der Waals surface area contributed by atoms with Crippen molar-refractivity contribution in [1.82, 2.24) is 5.43 Å². The smallest absolute Gasteiger partial charge is 0.124 e. The molecule has 0 aliphatic heterocycles. The number of benzene rings is 2. The zero-order valence-corrected chi connectivity index (χ0v) is 14.5. The number of halogens is 2. The molecule has 0 aromatic heterocycles. The van der Waals surface area contributed by atoms with E-state index in [1.54, 1.807) is 7.11 Å². The summed E-state index contributed by atoms with van der Waals surface area (Å²) in [4.78, 5) is 0. The molecule has 1 unspecified atom stereocenters. The van der Waals surface area contributed by atoms with Gasteiger partial charge in [-0.2, -0.15) is 0 Å². The first-order chi connectivity index (χ1) is 9.56. The zero-order chi connectivity index (χ0) is 14.7. The maximum Gasteiger partial charge on any atom is 0.124 e. The molecule has 0 heterocycles. The van der Waals surface area contributed by atoms with E-state index < -0.39 is 0 Å². The number of nitrogens with two attached hydrogens (primary N) is 1. The Hall–Kier alpha value is -0.880. The molecular weight excluding hydrogens is 384 g/mol. The van der Waals surface area contributed by atoms with Crippen LogP contribution >= 0.6 is 31.9 Å². The number of hydrazine groups is 1. The van der Waals surface area contributed by atoms with Crippen molar-refractivity contribution in [2.45, 2.75) is 13.0 Å². The molecule has 5 heteroatoms. The van der Waals surface area contributed by atoms with Crippen LogP contribution in [0.15, 0.2) is 45.3 Å². The molecule has 106 valence electrons. The molecule has 1 atom stereocenters. The predicted molar refractivity (Wildman–Crippen MR) is 88.7 cm³/mol. The van der Waals surface area contributed by atoms with Crippen LogP contribution in [-0.2, 0) is 0 Å². The van der Waals surface area contributed by atoms with Gasteiger partial charge >= 0.3 is 0 Å². The van der Waals surface area contributed by atoms with E-state index >= 15 is 0 Å². The molecule has 0 spiro atoms. The summed E-state index contributed by atoms with van der Waals surface area (Å²) in [5.41, 5.74) is 6.09. The van der Waals surface area contributed by atoms with Crippen LogP contribution in [0.2, 0.25) is 0 Å². The molecule has 2 rings (SSSR count). The molecule has 2 aromatic rings. The van der Waals surface area contributed by atoms with Crippen LogP contribution in [0.4, 0.5) is 0 Å². The Morgan fingerprint density at radius 2 is 1.85 bits per heavy atom. The van der Waals surface area contributed by atoms with Crippen LogP contribution in [0, 0.1) is 6.92 Å². The minimum Gasteiger partial charge on any atom is -0.496 e. The maximum absolute atomic E-state index is 5.79. The van der Waals surface area contributed by atoms with Crippen LogP contribution in [0.1, 0.15) is 22.7 Å². The minimum atomic E-state index is -0.156. The molecular formula is C15H16Br2N2O. The van der Waals surface area contributed by atoms with Gasteiger partial charge in [-0.15, -0.1) is 0 Å². The summed E-state index contributed by atoms with van der Waals surface area (Å²) >= 11 is 7.07. The summed E-state index contributed by atoms with van der Waals surface area (Å²) in [5, 5.41) is 0. The van der Waals surface area contributed by atoms with Crippen LogP contribution in [-0.4, -0.2) is 7.11 Å². The maximum atomic E-state index is 5.79. The van der Waals surface area contributed by atoms with Crippen LogP contribution < -0.4 is 16.0 Å². The first-order valence-corrected chi connectivity index (χ1v) is 7.71. The highest BCUT2D eigenvalue weighted by Gasteiger charge is 2.19. The molecule has 3 nitrogen and oxygen atoms in total. The van der Waals surface area contributed by atoms with Crippen molar-refractivity contribution in [3.8, 4) is 5.75 Å². The van der Waals surface area contributed by atoms with Crippen molar-refractivity contribution in [2.24, 2.45) is 5.84 Å². The van der Waals surface area contributed by atoms with Crippen molar-refractivity contribution in [3.63, 3.8) is 0 Å². The van der Waals surface area contributed by atoms with E-state index in [1.165, 1.54) is 0 Å². The Morgan fingerprint density at radius 1 is 1.10 bits per heavy atom. The van der Waals surface area contributed by atoms with Crippen LogP contribution in [0.5, 0.6) is 5.75 Å². The van der Waals surface area contributed by atoms with E-state index in [9.17, 15) is 0 Å². The molecule has 0 aliphatic carbocycles. The second-order valence-corrected chi connectivity index (χ2v) is 6.28. The van der Waals surface area contributed by atoms with Crippen molar-refractivity contribution in [2.75, 3.05) is 7.11 Å². The molecule has 0 bridgehead atoms. The topological polar surface area (TPSA) is 47.3 Å². The van der Waals surface area contributed by atoms with Gasteiger partial charge in [0.1, 0.15) is 5.75 Å². The lowest BCUT2D eigenvalue weighted by Crippen LogP contribution is -2.29. The Balaban J connectivity index is 2.57. The highest BCUT2D eigenvalue weighted by Crippen LogP contribution is 2.35. The zero-order valence-electron chi connectivity index (χ0n) is 11.3. The standard InChI is InChI=1S/C15H16Br2N2O/c1-9-3-6-14(20-2)12(7-9)15(19-18)11-8-10(16)4-5-13(11)17/h3-8,15,19H,18H2,1-2H3. The molecule has 0 amide bonds. The van der Waals surface area contributed by atoms with E-state index in [4.69, 9.17) is 10.6 Å². The van der Waals surface area contributed by atoms with Crippen molar-refractivity contribution in [3.05, 3.63) is 62.0 Å². The van der Waals surface area contributed by atoms with Gasteiger partial charge in [-0.1, -0.05) is 49.6 Å². The van der Waals surface area contributed by atoms with E-state index in [1.807, 2.05) is 37.3 Å². The number of rotatable bonds is 4. The second-order valence-electron chi connectivity index (χ2n) is 4.51. The highest BCUT2D eigenvalue weighted by molar-refractivity contribution is 9.11. The lowest BCUT2D eigenvalue weighted by Gasteiger charge is -2.21. The third-order valence-electron chi connectivity index (χ3n) is 3.13. The Kier molecular flexibility index (Phi) is 5.21. The van der Waals surface area contributed by atoms with Crippen LogP contribution in [0.25, 0.3) is 0 Å². The van der Waals surface area contributed by atoms with Crippen molar-refractivity contribution >= 4 is 31.9 Å². The summed E-state index contributed by atoms with van der Waals surface area (Å²) in [6.45, 7) is 2.05. The summed E-state index contributed by atoms with van der Waals surface area (Å²) in [6.07, 6.45) is 0. The molecule has 2 aromatic carbocycles. The molecule has 0 saturated heterocycles. The third-order valence-corrected chi connectivity index (χ3v) is 4.35. The van der Waals surface area contributed by atoms with E-state index in [0.717, 1.165) is 31.4 Å². The first kappa shape index (κ1) is 15.5. The first-order valence-electron chi connectivity index (χ1n) is 6.12.